The molecule has 1 aliphatic carbocycles. The molecule has 0 spiro atoms. The quantitative estimate of drug-likeness (QED) is 0.355. The predicted molar refractivity (Wildman–Crippen MR) is 149 cm³/mol. The van der Waals surface area contributed by atoms with Crippen LogP contribution < -0.4 is 24.3 Å². The van der Waals surface area contributed by atoms with Crippen molar-refractivity contribution < 1.29 is 23.7 Å². The van der Waals surface area contributed by atoms with Crippen LogP contribution in [0, 0.1) is 0 Å². The number of benzene rings is 2. The lowest BCUT2D eigenvalue weighted by atomic mass is 9.63. The molecule has 0 fully saturated rings. The summed E-state index contributed by atoms with van der Waals surface area (Å²) in [4.78, 5) is 14.8. The van der Waals surface area contributed by atoms with Crippen molar-refractivity contribution in [3.05, 3.63) is 58.0 Å². The van der Waals surface area contributed by atoms with Gasteiger partial charge in [0.2, 0.25) is 0 Å². The molecule has 0 atom stereocenters. The second-order valence-electron chi connectivity index (χ2n) is 10.7. The Balaban J connectivity index is 1.62. The molecule has 198 valence electrons. The molecule has 0 saturated heterocycles. The molecule has 37 heavy (non-hydrogen) atoms. The fourth-order valence-corrected chi connectivity index (χ4v) is 6.01. The summed E-state index contributed by atoms with van der Waals surface area (Å²) in [5, 5.41) is 3.01. The van der Waals surface area contributed by atoms with Crippen molar-refractivity contribution in [3.8, 4) is 33.4 Å². The topological polar surface area (TPSA) is 66.0 Å². The zero-order chi connectivity index (χ0) is 27.0. The number of nitrogens with one attached hydrogen (secondary N) is 1. The van der Waals surface area contributed by atoms with Crippen LogP contribution in [0.2, 0.25) is 0 Å². The Bertz CT molecular complexity index is 1280. The standard InChI is InChI=1S/C30H37NO5S/c1-29(2)11-12-30(3,4)22-16-25(36-8)19(15-21(22)29)26-9-10-27(37-26)28(32)31-17-20-23(34-6)13-18(33-5)14-24(20)35-7/h9-10,13-16H,11-12,17H2,1-8H3,(H,31,32). The van der Waals surface area contributed by atoms with Gasteiger partial charge in [-0.25, -0.2) is 0 Å². The average molecular weight is 524 g/mol. The van der Waals surface area contributed by atoms with Crippen molar-refractivity contribution in [3.63, 3.8) is 0 Å². The van der Waals surface area contributed by atoms with Gasteiger partial charge in [0.25, 0.3) is 5.91 Å². The minimum atomic E-state index is -0.158. The number of thiophene rings is 1. The second kappa shape index (κ2) is 10.3. The monoisotopic (exact) mass is 523 g/mol. The van der Waals surface area contributed by atoms with E-state index in [1.807, 2.05) is 12.1 Å². The maximum absolute atomic E-state index is 13.1. The molecule has 1 N–H and O–H groups in total. The Morgan fingerprint density at radius 3 is 1.92 bits per heavy atom. The molecule has 0 bridgehead atoms. The summed E-state index contributed by atoms with van der Waals surface area (Å²) in [6.45, 7) is 9.49. The lowest BCUT2D eigenvalue weighted by Gasteiger charge is -2.42. The molecule has 0 aliphatic heterocycles. The van der Waals surface area contributed by atoms with Gasteiger partial charge in [-0.15, -0.1) is 11.3 Å². The molecule has 6 nitrogen and oxygen atoms in total. The van der Waals surface area contributed by atoms with Gasteiger partial charge in [-0.2, -0.15) is 0 Å². The van der Waals surface area contributed by atoms with Gasteiger partial charge >= 0.3 is 0 Å². The van der Waals surface area contributed by atoms with E-state index in [4.69, 9.17) is 18.9 Å². The number of hydrogen-bond acceptors (Lipinski definition) is 6. The Hall–Kier alpha value is -3.19. The third-order valence-electron chi connectivity index (χ3n) is 7.51. The number of ether oxygens (including phenoxy) is 4. The van der Waals surface area contributed by atoms with Gasteiger partial charge in [0, 0.05) is 22.6 Å². The van der Waals surface area contributed by atoms with Crippen molar-refractivity contribution >= 4 is 17.2 Å². The highest BCUT2D eigenvalue weighted by Gasteiger charge is 2.38. The van der Waals surface area contributed by atoms with Crippen LogP contribution in [0.3, 0.4) is 0 Å². The maximum Gasteiger partial charge on any atom is 0.261 e. The largest absolute Gasteiger partial charge is 0.496 e. The van der Waals surface area contributed by atoms with Crippen molar-refractivity contribution in [1.29, 1.82) is 0 Å². The van der Waals surface area contributed by atoms with E-state index in [2.05, 4.69) is 45.1 Å². The summed E-state index contributed by atoms with van der Waals surface area (Å²) < 4.78 is 22.2. The van der Waals surface area contributed by atoms with Gasteiger partial charge in [0.05, 0.1) is 45.4 Å². The number of rotatable bonds is 8. The molecule has 0 unspecified atom stereocenters. The van der Waals surface area contributed by atoms with Gasteiger partial charge in [-0.1, -0.05) is 27.7 Å². The molecule has 3 aromatic rings. The summed E-state index contributed by atoms with van der Waals surface area (Å²) in [7, 11) is 6.46. The highest BCUT2D eigenvalue weighted by Crippen LogP contribution is 2.49. The molecule has 1 amide bonds. The molecular formula is C30H37NO5S. The van der Waals surface area contributed by atoms with Gasteiger partial charge in [-0.3, -0.25) is 4.79 Å². The molecule has 2 aromatic carbocycles. The lowest BCUT2D eigenvalue weighted by Crippen LogP contribution is -2.33. The second-order valence-corrected chi connectivity index (χ2v) is 11.8. The summed E-state index contributed by atoms with van der Waals surface area (Å²) >= 11 is 1.46. The number of hydrogen-bond donors (Lipinski definition) is 1. The molecule has 1 aromatic heterocycles. The van der Waals surface area contributed by atoms with Gasteiger partial charge in [-0.05, 0) is 59.1 Å². The van der Waals surface area contributed by atoms with E-state index in [1.54, 1.807) is 40.6 Å². The van der Waals surface area contributed by atoms with Crippen LogP contribution in [0.4, 0.5) is 0 Å². The predicted octanol–water partition coefficient (Wildman–Crippen LogP) is 6.73. The highest BCUT2D eigenvalue weighted by molar-refractivity contribution is 7.17. The number of carbonyl (C=O) groups excluding carboxylic acids is 1. The number of carbonyl (C=O) groups is 1. The number of amides is 1. The van der Waals surface area contributed by atoms with E-state index in [0.717, 1.165) is 34.6 Å². The number of fused-ring (bicyclic) bond motifs is 1. The van der Waals surface area contributed by atoms with Gasteiger partial charge < -0.3 is 24.3 Å². The lowest BCUT2D eigenvalue weighted by molar-refractivity contribution is 0.0954. The third kappa shape index (κ3) is 5.14. The van der Waals surface area contributed by atoms with E-state index < -0.39 is 0 Å². The average Bonchev–Trinajstić information content (AvgIpc) is 3.39. The Morgan fingerprint density at radius 2 is 1.38 bits per heavy atom. The Morgan fingerprint density at radius 1 is 0.811 bits per heavy atom. The Kier molecular flexibility index (Phi) is 7.47. The van der Waals surface area contributed by atoms with Crippen LogP contribution >= 0.6 is 11.3 Å². The molecule has 4 rings (SSSR count). The van der Waals surface area contributed by atoms with Crippen molar-refractivity contribution in [2.24, 2.45) is 0 Å². The van der Waals surface area contributed by atoms with Crippen LogP contribution in [-0.4, -0.2) is 34.3 Å². The molecule has 1 heterocycles. The van der Waals surface area contributed by atoms with Crippen molar-refractivity contribution in [1.82, 2.24) is 5.32 Å². The molecule has 7 heteroatoms. The van der Waals surface area contributed by atoms with Crippen molar-refractivity contribution in [2.75, 3.05) is 28.4 Å². The van der Waals surface area contributed by atoms with Crippen LogP contribution in [0.25, 0.3) is 10.4 Å². The molecule has 0 radical (unpaired) electrons. The maximum atomic E-state index is 13.1. The SMILES string of the molecule is COc1cc(OC)c(CNC(=O)c2ccc(-c3cc4c(cc3OC)C(C)(C)CCC4(C)C)s2)c(OC)c1. The summed E-state index contributed by atoms with van der Waals surface area (Å²) in [5.41, 5.74) is 4.66. The minimum absolute atomic E-state index is 0.0832. The Labute approximate surface area is 223 Å². The first-order valence-electron chi connectivity index (χ1n) is 12.4. The van der Waals surface area contributed by atoms with E-state index >= 15 is 0 Å². The summed E-state index contributed by atoms with van der Waals surface area (Å²) in [6, 6.07) is 11.9. The van der Waals surface area contributed by atoms with E-state index in [9.17, 15) is 4.79 Å². The van der Waals surface area contributed by atoms with Crippen LogP contribution in [0.1, 0.15) is 66.9 Å². The first-order valence-corrected chi connectivity index (χ1v) is 13.3. The fourth-order valence-electron chi connectivity index (χ4n) is 5.07. The highest BCUT2D eigenvalue weighted by atomic mass is 32.1. The molecular weight excluding hydrogens is 486 g/mol. The smallest absolute Gasteiger partial charge is 0.261 e. The zero-order valence-electron chi connectivity index (χ0n) is 23.0. The van der Waals surface area contributed by atoms with E-state index in [-0.39, 0.29) is 23.3 Å². The fraction of sp³-hybridized carbons (Fsp3) is 0.433. The van der Waals surface area contributed by atoms with Crippen LogP contribution in [0.15, 0.2) is 36.4 Å². The number of methoxy groups -OCH3 is 4. The van der Waals surface area contributed by atoms with E-state index in [1.165, 1.54) is 22.5 Å². The van der Waals surface area contributed by atoms with Gasteiger partial charge in [0.15, 0.2) is 0 Å². The third-order valence-corrected chi connectivity index (χ3v) is 8.63. The van der Waals surface area contributed by atoms with Crippen LogP contribution in [0.5, 0.6) is 23.0 Å². The molecule has 1 aliphatic rings. The van der Waals surface area contributed by atoms with Gasteiger partial charge in [0.1, 0.15) is 23.0 Å². The summed E-state index contributed by atoms with van der Waals surface area (Å²) in [6.07, 6.45) is 2.28. The first-order chi connectivity index (χ1) is 17.5. The van der Waals surface area contributed by atoms with Crippen molar-refractivity contribution in [2.45, 2.75) is 57.9 Å². The van der Waals surface area contributed by atoms with Crippen LogP contribution in [-0.2, 0) is 17.4 Å². The normalized spacial score (nSPS) is 15.5. The molecule has 0 saturated carbocycles. The minimum Gasteiger partial charge on any atom is -0.496 e. The first kappa shape index (κ1) is 26.9. The van der Waals surface area contributed by atoms with E-state index in [0.29, 0.717) is 22.1 Å². The summed E-state index contributed by atoms with van der Waals surface area (Å²) in [5.74, 6) is 2.48. The zero-order valence-corrected chi connectivity index (χ0v) is 23.9.